The molecule has 0 bridgehead atoms. The molecule has 1 aromatic rings. The molecule has 1 heterocycles. The number of piperidine rings is 1. The van der Waals surface area contributed by atoms with Gasteiger partial charge in [0.05, 0.1) is 11.8 Å². The van der Waals surface area contributed by atoms with Gasteiger partial charge in [-0.25, -0.2) is 0 Å². The quantitative estimate of drug-likeness (QED) is 0.930. The van der Waals surface area contributed by atoms with Crippen molar-refractivity contribution in [2.24, 2.45) is 5.41 Å². The summed E-state index contributed by atoms with van der Waals surface area (Å²) >= 11 is 0. The lowest BCUT2D eigenvalue weighted by molar-refractivity contribution is -0.153. The van der Waals surface area contributed by atoms with Crippen molar-refractivity contribution in [1.29, 1.82) is 0 Å². The summed E-state index contributed by atoms with van der Waals surface area (Å²) in [5.41, 5.74) is 2.57. The molecule has 1 aliphatic rings. The minimum Gasteiger partial charge on any atom is -0.481 e. The van der Waals surface area contributed by atoms with E-state index in [0.29, 0.717) is 25.9 Å². The average Bonchev–Trinajstić information content (AvgIpc) is 2.43. The Morgan fingerprint density at radius 3 is 2.62 bits per heavy atom. The Labute approximate surface area is 125 Å². The van der Waals surface area contributed by atoms with Gasteiger partial charge in [0.25, 0.3) is 0 Å². The van der Waals surface area contributed by atoms with Crippen LogP contribution in [0.5, 0.6) is 0 Å². The van der Waals surface area contributed by atoms with E-state index in [-0.39, 0.29) is 5.91 Å². The molecule has 0 spiro atoms. The molecule has 4 nitrogen and oxygen atoms in total. The van der Waals surface area contributed by atoms with Gasteiger partial charge in [0.1, 0.15) is 0 Å². The monoisotopic (exact) mass is 289 g/mol. The standard InChI is InChI=1S/C17H23NO3/c1-12-5-6-14(9-13(12)2)10-15(19)18-8-4-7-17(3,11-18)16(20)21/h5-6,9H,4,7-8,10-11H2,1-3H3,(H,20,21). The normalized spacial score (nSPS) is 22.1. The van der Waals surface area contributed by atoms with Crippen molar-refractivity contribution in [3.8, 4) is 0 Å². The topological polar surface area (TPSA) is 57.6 Å². The number of carbonyl (C=O) groups excluding carboxylic acids is 1. The molecule has 1 saturated heterocycles. The minimum absolute atomic E-state index is 0.0189. The Bertz CT molecular complexity index is 567. The van der Waals surface area contributed by atoms with E-state index < -0.39 is 11.4 Å². The molecule has 0 aliphatic carbocycles. The number of rotatable bonds is 3. The van der Waals surface area contributed by atoms with E-state index in [1.165, 1.54) is 11.1 Å². The molecule has 1 amide bonds. The maximum Gasteiger partial charge on any atom is 0.311 e. The number of nitrogens with zero attached hydrogens (tertiary/aromatic N) is 1. The van der Waals surface area contributed by atoms with E-state index in [4.69, 9.17) is 0 Å². The maximum absolute atomic E-state index is 12.4. The second-order valence-electron chi connectivity index (χ2n) is 6.38. The average molecular weight is 289 g/mol. The summed E-state index contributed by atoms with van der Waals surface area (Å²) in [6.45, 7) is 6.78. The highest BCUT2D eigenvalue weighted by atomic mass is 16.4. The van der Waals surface area contributed by atoms with Crippen LogP contribution in [-0.4, -0.2) is 35.0 Å². The van der Waals surface area contributed by atoms with Crippen molar-refractivity contribution in [2.45, 2.75) is 40.0 Å². The van der Waals surface area contributed by atoms with Gasteiger partial charge in [-0.1, -0.05) is 18.2 Å². The zero-order valence-corrected chi connectivity index (χ0v) is 13.0. The Kier molecular flexibility index (Phi) is 4.35. The predicted molar refractivity (Wildman–Crippen MR) is 81.2 cm³/mol. The lowest BCUT2D eigenvalue weighted by Gasteiger charge is -2.37. The van der Waals surface area contributed by atoms with E-state index in [2.05, 4.69) is 0 Å². The fourth-order valence-electron chi connectivity index (χ4n) is 2.83. The fraction of sp³-hybridized carbons (Fsp3) is 0.529. The molecule has 1 unspecified atom stereocenters. The van der Waals surface area contributed by atoms with Gasteiger partial charge in [-0.15, -0.1) is 0 Å². The number of likely N-dealkylation sites (tertiary alicyclic amines) is 1. The van der Waals surface area contributed by atoms with Crippen molar-refractivity contribution in [1.82, 2.24) is 4.90 Å². The van der Waals surface area contributed by atoms with Gasteiger partial charge in [0, 0.05) is 13.1 Å². The van der Waals surface area contributed by atoms with Crippen LogP contribution in [0.2, 0.25) is 0 Å². The predicted octanol–water partition coefficient (Wildman–Crippen LogP) is 2.56. The van der Waals surface area contributed by atoms with Gasteiger partial charge < -0.3 is 10.0 Å². The van der Waals surface area contributed by atoms with Crippen LogP contribution in [0.3, 0.4) is 0 Å². The Morgan fingerprint density at radius 1 is 1.29 bits per heavy atom. The number of hydrogen-bond acceptors (Lipinski definition) is 2. The molecule has 0 aromatic heterocycles. The second kappa shape index (κ2) is 5.88. The lowest BCUT2D eigenvalue weighted by atomic mass is 9.82. The Balaban J connectivity index is 2.06. The van der Waals surface area contributed by atoms with Crippen LogP contribution in [-0.2, 0) is 16.0 Å². The summed E-state index contributed by atoms with van der Waals surface area (Å²) < 4.78 is 0. The number of aliphatic carboxylic acids is 1. The number of carboxylic acids is 1. The molecule has 4 heteroatoms. The number of benzene rings is 1. The molecule has 1 aromatic carbocycles. The molecule has 0 saturated carbocycles. The summed E-state index contributed by atoms with van der Waals surface area (Å²) in [5.74, 6) is -0.795. The largest absolute Gasteiger partial charge is 0.481 e. The van der Waals surface area contributed by atoms with Crippen molar-refractivity contribution in [3.05, 3.63) is 34.9 Å². The summed E-state index contributed by atoms with van der Waals surface area (Å²) in [6, 6.07) is 6.03. The third-order valence-corrected chi connectivity index (χ3v) is 4.49. The molecule has 21 heavy (non-hydrogen) atoms. The fourth-order valence-corrected chi connectivity index (χ4v) is 2.83. The zero-order chi connectivity index (χ0) is 15.6. The minimum atomic E-state index is -0.814. The molecule has 1 aliphatic heterocycles. The van der Waals surface area contributed by atoms with Crippen LogP contribution in [0.4, 0.5) is 0 Å². The number of hydrogen-bond donors (Lipinski definition) is 1. The number of carbonyl (C=O) groups is 2. The highest BCUT2D eigenvalue weighted by Crippen LogP contribution is 2.30. The highest BCUT2D eigenvalue weighted by Gasteiger charge is 2.39. The van der Waals surface area contributed by atoms with Gasteiger partial charge in [-0.2, -0.15) is 0 Å². The SMILES string of the molecule is Cc1ccc(CC(=O)N2CCCC(C)(C(=O)O)C2)cc1C. The summed E-state index contributed by atoms with van der Waals surface area (Å²) in [4.78, 5) is 25.5. The molecular formula is C17H23NO3. The maximum atomic E-state index is 12.4. The molecule has 1 N–H and O–H groups in total. The molecule has 2 rings (SSSR count). The lowest BCUT2D eigenvalue weighted by Crippen LogP contribution is -2.48. The van der Waals surface area contributed by atoms with E-state index in [1.54, 1.807) is 11.8 Å². The first kappa shape index (κ1) is 15.5. The third kappa shape index (κ3) is 3.43. The van der Waals surface area contributed by atoms with Crippen LogP contribution in [0.1, 0.15) is 36.5 Å². The van der Waals surface area contributed by atoms with Gasteiger partial charge in [-0.05, 0) is 50.3 Å². The Hall–Kier alpha value is -1.84. The third-order valence-electron chi connectivity index (χ3n) is 4.49. The molecule has 0 radical (unpaired) electrons. The van der Waals surface area contributed by atoms with Crippen LogP contribution < -0.4 is 0 Å². The van der Waals surface area contributed by atoms with Crippen molar-refractivity contribution >= 4 is 11.9 Å². The molecule has 1 atom stereocenters. The smallest absolute Gasteiger partial charge is 0.311 e. The van der Waals surface area contributed by atoms with Crippen molar-refractivity contribution in [2.75, 3.05) is 13.1 Å². The summed E-state index contributed by atoms with van der Waals surface area (Å²) in [5, 5.41) is 9.32. The summed E-state index contributed by atoms with van der Waals surface area (Å²) in [6.07, 6.45) is 1.73. The van der Waals surface area contributed by atoms with Gasteiger partial charge in [-0.3, -0.25) is 9.59 Å². The van der Waals surface area contributed by atoms with Crippen LogP contribution in [0.15, 0.2) is 18.2 Å². The zero-order valence-electron chi connectivity index (χ0n) is 13.0. The number of amides is 1. The van der Waals surface area contributed by atoms with Gasteiger partial charge in [0.15, 0.2) is 0 Å². The van der Waals surface area contributed by atoms with Gasteiger partial charge >= 0.3 is 5.97 Å². The van der Waals surface area contributed by atoms with Crippen molar-refractivity contribution in [3.63, 3.8) is 0 Å². The van der Waals surface area contributed by atoms with E-state index in [1.807, 2.05) is 32.0 Å². The number of aryl methyl sites for hydroxylation is 2. The van der Waals surface area contributed by atoms with Gasteiger partial charge in [0.2, 0.25) is 5.91 Å². The van der Waals surface area contributed by atoms with Crippen molar-refractivity contribution < 1.29 is 14.7 Å². The molecule has 114 valence electrons. The molecular weight excluding hydrogens is 266 g/mol. The second-order valence-corrected chi connectivity index (χ2v) is 6.38. The summed E-state index contributed by atoms with van der Waals surface area (Å²) in [7, 11) is 0. The van der Waals surface area contributed by atoms with E-state index >= 15 is 0 Å². The van der Waals surface area contributed by atoms with Crippen LogP contribution >= 0.6 is 0 Å². The first-order chi connectivity index (χ1) is 9.82. The Morgan fingerprint density at radius 2 is 2.00 bits per heavy atom. The highest BCUT2D eigenvalue weighted by molar-refractivity contribution is 5.81. The van der Waals surface area contributed by atoms with Crippen LogP contribution in [0.25, 0.3) is 0 Å². The van der Waals surface area contributed by atoms with E-state index in [9.17, 15) is 14.7 Å². The first-order valence-electron chi connectivity index (χ1n) is 7.39. The van der Waals surface area contributed by atoms with Crippen LogP contribution in [0, 0.1) is 19.3 Å². The first-order valence-corrected chi connectivity index (χ1v) is 7.39. The molecule has 1 fully saturated rings. The number of carboxylic acid groups (broad SMARTS) is 1. The van der Waals surface area contributed by atoms with E-state index in [0.717, 1.165) is 12.0 Å².